The molecule has 2 aliphatic rings. The molecular weight excluding hydrogens is 278 g/mol. The van der Waals surface area contributed by atoms with Crippen LogP contribution in [0.25, 0.3) is 0 Å². The highest BCUT2D eigenvalue weighted by Crippen LogP contribution is 2.55. The van der Waals surface area contributed by atoms with Gasteiger partial charge in [0.1, 0.15) is 0 Å². The van der Waals surface area contributed by atoms with Gasteiger partial charge in [0.15, 0.2) is 0 Å². The number of fused-ring (bicyclic) bond motifs is 1. The fourth-order valence-electron chi connectivity index (χ4n) is 3.40. The maximum atomic E-state index is 6.38. The minimum Gasteiger partial charge on any atom is -0.327 e. The molecule has 0 amide bonds. The molecule has 2 fully saturated rings. The number of aryl methyl sites for hydroxylation is 2. The Balaban J connectivity index is 1.69. The Bertz CT molecular complexity index is 430. The molecule has 94 valence electrons. The number of halogens is 1. The Morgan fingerprint density at radius 1 is 1.41 bits per heavy atom. The Hall–Kier alpha value is -0.350. The van der Waals surface area contributed by atoms with Gasteiger partial charge in [-0.2, -0.15) is 5.10 Å². The quantitative estimate of drug-likeness (QED) is 0.931. The van der Waals surface area contributed by atoms with Gasteiger partial charge in [0.2, 0.25) is 0 Å². The van der Waals surface area contributed by atoms with E-state index in [4.69, 9.17) is 5.73 Å². The fourth-order valence-corrected chi connectivity index (χ4v) is 3.90. The van der Waals surface area contributed by atoms with Gasteiger partial charge in [-0.3, -0.25) is 4.68 Å². The van der Waals surface area contributed by atoms with Crippen molar-refractivity contribution in [2.75, 3.05) is 0 Å². The summed E-state index contributed by atoms with van der Waals surface area (Å²) in [6.07, 6.45) is 5.14. The van der Waals surface area contributed by atoms with Crippen LogP contribution in [0.1, 0.15) is 30.7 Å². The largest absolute Gasteiger partial charge is 0.327 e. The standard InChI is InChI=1S/C13H20BrN3/c1-7-13(14)12(17(2)16-7)6-11(15)10-4-8-3-9(8)5-10/h8-11H,3-6,15H2,1-2H3. The van der Waals surface area contributed by atoms with Gasteiger partial charge >= 0.3 is 0 Å². The summed E-state index contributed by atoms with van der Waals surface area (Å²) in [7, 11) is 2.01. The number of rotatable bonds is 3. The molecule has 3 nitrogen and oxygen atoms in total. The lowest BCUT2D eigenvalue weighted by Crippen LogP contribution is -2.32. The topological polar surface area (TPSA) is 43.8 Å². The van der Waals surface area contributed by atoms with Crippen molar-refractivity contribution in [3.8, 4) is 0 Å². The summed E-state index contributed by atoms with van der Waals surface area (Å²) >= 11 is 3.62. The lowest BCUT2D eigenvalue weighted by molar-refractivity contribution is 0.386. The van der Waals surface area contributed by atoms with Crippen LogP contribution in [-0.2, 0) is 13.5 Å². The molecule has 2 N–H and O–H groups in total. The van der Waals surface area contributed by atoms with Crippen molar-refractivity contribution >= 4 is 15.9 Å². The zero-order valence-electron chi connectivity index (χ0n) is 10.5. The van der Waals surface area contributed by atoms with E-state index in [0.717, 1.165) is 34.3 Å². The number of hydrogen-bond donors (Lipinski definition) is 1. The van der Waals surface area contributed by atoms with Gasteiger partial charge in [-0.15, -0.1) is 0 Å². The molecule has 17 heavy (non-hydrogen) atoms. The van der Waals surface area contributed by atoms with E-state index in [-0.39, 0.29) is 0 Å². The lowest BCUT2D eigenvalue weighted by Gasteiger charge is -2.20. The first-order valence-electron chi connectivity index (χ1n) is 6.49. The molecule has 0 aliphatic heterocycles. The van der Waals surface area contributed by atoms with Gasteiger partial charge in [0.05, 0.1) is 15.9 Å². The van der Waals surface area contributed by atoms with Crippen molar-refractivity contribution in [3.05, 3.63) is 15.9 Å². The first-order valence-corrected chi connectivity index (χ1v) is 7.29. The molecule has 1 heterocycles. The van der Waals surface area contributed by atoms with Crippen molar-refractivity contribution in [1.82, 2.24) is 9.78 Å². The van der Waals surface area contributed by atoms with E-state index in [2.05, 4.69) is 21.0 Å². The first-order chi connectivity index (χ1) is 8.06. The van der Waals surface area contributed by atoms with E-state index in [9.17, 15) is 0 Å². The van der Waals surface area contributed by atoms with Crippen LogP contribution < -0.4 is 5.73 Å². The van der Waals surface area contributed by atoms with Gasteiger partial charge in [-0.25, -0.2) is 0 Å². The van der Waals surface area contributed by atoms with Crippen LogP contribution in [0.2, 0.25) is 0 Å². The Morgan fingerprint density at radius 2 is 2.06 bits per heavy atom. The summed E-state index contributed by atoms with van der Waals surface area (Å²) in [6.45, 7) is 2.03. The number of nitrogens with two attached hydrogens (primary N) is 1. The normalized spacial score (nSPS) is 32.6. The van der Waals surface area contributed by atoms with Crippen LogP contribution in [0.15, 0.2) is 4.47 Å². The minimum atomic E-state index is 0.300. The Labute approximate surface area is 111 Å². The van der Waals surface area contributed by atoms with Gasteiger partial charge in [0, 0.05) is 19.5 Å². The summed E-state index contributed by atoms with van der Waals surface area (Å²) in [5, 5.41) is 4.43. The summed E-state index contributed by atoms with van der Waals surface area (Å²) in [6, 6.07) is 0.300. The predicted octanol–water partition coefficient (Wildman–Crippen LogP) is 2.41. The highest BCUT2D eigenvalue weighted by Gasteiger charge is 2.47. The average Bonchev–Trinajstić information content (AvgIpc) is 2.83. The maximum absolute atomic E-state index is 6.38. The third-order valence-electron chi connectivity index (χ3n) is 4.58. The third-order valence-corrected chi connectivity index (χ3v) is 5.61. The van der Waals surface area contributed by atoms with E-state index in [1.807, 2.05) is 18.7 Å². The Morgan fingerprint density at radius 3 is 2.59 bits per heavy atom. The van der Waals surface area contributed by atoms with E-state index >= 15 is 0 Å². The summed E-state index contributed by atoms with van der Waals surface area (Å²) in [4.78, 5) is 0. The third kappa shape index (κ3) is 2.06. The van der Waals surface area contributed by atoms with Crippen molar-refractivity contribution in [2.24, 2.45) is 30.5 Å². The lowest BCUT2D eigenvalue weighted by atomic mass is 9.92. The molecule has 3 rings (SSSR count). The second-order valence-electron chi connectivity index (χ2n) is 5.83. The molecule has 2 aliphatic carbocycles. The van der Waals surface area contributed by atoms with Gasteiger partial charge in [0.25, 0.3) is 0 Å². The van der Waals surface area contributed by atoms with Gasteiger partial charge in [-0.05, 0) is 59.9 Å². The molecule has 1 aromatic rings. The molecule has 0 spiro atoms. The van der Waals surface area contributed by atoms with E-state index < -0.39 is 0 Å². The van der Waals surface area contributed by atoms with E-state index in [1.165, 1.54) is 25.0 Å². The highest BCUT2D eigenvalue weighted by atomic mass is 79.9. The van der Waals surface area contributed by atoms with E-state index in [1.54, 1.807) is 0 Å². The van der Waals surface area contributed by atoms with Crippen molar-refractivity contribution in [3.63, 3.8) is 0 Å². The van der Waals surface area contributed by atoms with Crippen LogP contribution in [0.4, 0.5) is 0 Å². The molecule has 0 bridgehead atoms. The predicted molar refractivity (Wildman–Crippen MR) is 71.6 cm³/mol. The number of aromatic nitrogens is 2. The molecule has 1 aromatic heterocycles. The second kappa shape index (κ2) is 4.09. The molecule has 4 heteroatoms. The highest BCUT2D eigenvalue weighted by molar-refractivity contribution is 9.10. The monoisotopic (exact) mass is 297 g/mol. The summed E-state index contributed by atoms with van der Waals surface area (Å²) in [5.74, 6) is 2.77. The van der Waals surface area contributed by atoms with Crippen molar-refractivity contribution < 1.29 is 0 Å². The first kappa shape index (κ1) is 11.7. The van der Waals surface area contributed by atoms with Crippen LogP contribution in [0, 0.1) is 24.7 Å². The average molecular weight is 298 g/mol. The number of hydrogen-bond acceptors (Lipinski definition) is 2. The molecule has 0 radical (unpaired) electrons. The molecule has 0 saturated heterocycles. The molecule has 3 atom stereocenters. The van der Waals surface area contributed by atoms with Gasteiger partial charge < -0.3 is 5.73 Å². The second-order valence-corrected chi connectivity index (χ2v) is 6.62. The molecule has 3 unspecified atom stereocenters. The van der Waals surface area contributed by atoms with Crippen LogP contribution in [0.5, 0.6) is 0 Å². The number of nitrogens with zero attached hydrogens (tertiary/aromatic N) is 2. The Kier molecular flexibility index (Phi) is 2.82. The van der Waals surface area contributed by atoms with Crippen LogP contribution in [0.3, 0.4) is 0 Å². The zero-order chi connectivity index (χ0) is 12.2. The van der Waals surface area contributed by atoms with Crippen molar-refractivity contribution in [1.29, 1.82) is 0 Å². The fraction of sp³-hybridized carbons (Fsp3) is 0.769. The van der Waals surface area contributed by atoms with Crippen LogP contribution >= 0.6 is 15.9 Å². The summed E-state index contributed by atoms with van der Waals surface area (Å²) in [5.41, 5.74) is 8.68. The zero-order valence-corrected chi connectivity index (χ0v) is 12.1. The summed E-state index contributed by atoms with van der Waals surface area (Å²) < 4.78 is 3.10. The van der Waals surface area contributed by atoms with E-state index in [0.29, 0.717) is 6.04 Å². The van der Waals surface area contributed by atoms with Crippen molar-refractivity contribution in [2.45, 2.75) is 38.6 Å². The molecule has 2 saturated carbocycles. The molecule has 0 aromatic carbocycles. The molecular formula is C13H20BrN3. The smallest absolute Gasteiger partial charge is 0.0738 e. The minimum absolute atomic E-state index is 0.300. The SMILES string of the molecule is Cc1nn(C)c(CC(N)C2CC3CC3C2)c1Br. The van der Waals surface area contributed by atoms with Crippen LogP contribution in [-0.4, -0.2) is 15.8 Å². The maximum Gasteiger partial charge on any atom is 0.0738 e. The van der Waals surface area contributed by atoms with Gasteiger partial charge in [-0.1, -0.05) is 0 Å².